The predicted octanol–water partition coefficient (Wildman–Crippen LogP) is 3.88. The van der Waals surface area contributed by atoms with E-state index >= 15 is 0 Å². The number of Topliss-reactive ketones (excluding diaryl/α,β-unsaturated/α-hetero) is 1. The van der Waals surface area contributed by atoms with Crippen molar-refractivity contribution < 1.29 is 9.53 Å². The Kier molecular flexibility index (Phi) is 3.82. The van der Waals surface area contributed by atoms with Gasteiger partial charge in [-0.2, -0.15) is 0 Å². The molecule has 0 amide bonds. The number of rotatable bonds is 2. The third-order valence-corrected chi connectivity index (χ3v) is 5.28. The summed E-state index contributed by atoms with van der Waals surface area (Å²) < 4.78 is 5.78. The van der Waals surface area contributed by atoms with Crippen molar-refractivity contribution in [1.82, 2.24) is 0 Å². The molecule has 4 atom stereocenters. The molecular formula is C18H24O2. The number of benzene rings is 1. The second-order valence-corrected chi connectivity index (χ2v) is 6.69. The fraction of sp³-hybridized carbons (Fsp3) is 0.611. The quantitative estimate of drug-likeness (QED) is 0.816. The molecule has 0 radical (unpaired) electrons. The predicted molar refractivity (Wildman–Crippen MR) is 79.8 cm³/mol. The van der Waals surface area contributed by atoms with E-state index in [0.29, 0.717) is 18.3 Å². The topological polar surface area (TPSA) is 26.3 Å². The highest BCUT2D eigenvalue weighted by Gasteiger charge is 2.34. The molecule has 1 aliphatic heterocycles. The highest BCUT2D eigenvalue weighted by atomic mass is 16.5. The molecule has 0 aromatic heterocycles. The van der Waals surface area contributed by atoms with Crippen LogP contribution >= 0.6 is 0 Å². The van der Waals surface area contributed by atoms with Crippen LogP contribution in [-0.4, -0.2) is 12.4 Å². The van der Waals surface area contributed by atoms with E-state index in [4.69, 9.17) is 4.74 Å². The average Bonchev–Trinajstić information content (AvgIpc) is 2.49. The van der Waals surface area contributed by atoms with E-state index in [9.17, 15) is 4.79 Å². The lowest BCUT2D eigenvalue weighted by Crippen LogP contribution is -2.36. The molecule has 1 aliphatic carbocycles. The van der Waals surface area contributed by atoms with Crippen molar-refractivity contribution in [3.8, 4) is 5.75 Å². The lowest BCUT2D eigenvalue weighted by molar-refractivity contribution is -0.130. The van der Waals surface area contributed by atoms with Crippen LogP contribution in [0.5, 0.6) is 5.75 Å². The number of ether oxygens (including phenoxy) is 1. The molecule has 108 valence electrons. The van der Waals surface area contributed by atoms with E-state index in [0.717, 1.165) is 30.9 Å². The van der Waals surface area contributed by atoms with Gasteiger partial charge in [-0.3, -0.25) is 4.79 Å². The van der Waals surface area contributed by atoms with Crippen LogP contribution in [0.1, 0.15) is 38.7 Å². The maximum Gasteiger partial charge on any atom is 0.142 e. The Bertz CT molecular complexity index is 494. The van der Waals surface area contributed by atoms with Crippen LogP contribution in [0.25, 0.3) is 0 Å². The highest BCUT2D eigenvalue weighted by molar-refractivity contribution is 5.84. The van der Waals surface area contributed by atoms with Crippen molar-refractivity contribution in [2.45, 2.75) is 39.5 Å². The summed E-state index contributed by atoms with van der Waals surface area (Å²) in [7, 11) is 0. The first-order valence-electron chi connectivity index (χ1n) is 7.89. The summed E-state index contributed by atoms with van der Waals surface area (Å²) in [4.78, 5) is 12.7. The molecule has 1 aromatic rings. The van der Waals surface area contributed by atoms with E-state index in [1.807, 2.05) is 18.2 Å². The molecule has 20 heavy (non-hydrogen) atoms. The molecule has 1 aromatic carbocycles. The number of carbonyl (C=O) groups excluding carboxylic acids is 1. The van der Waals surface area contributed by atoms with E-state index in [-0.39, 0.29) is 11.8 Å². The zero-order valence-electron chi connectivity index (χ0n) is 12.5. The number of fused-ring (bicyclic) bond motifs is 1. The highest BCUT2D eigenvalue weighted by Crippen LogP contribution is 2.36. The Balaban J connectivity index is 1.67. The maximum absolute atomic E-state index is 12.7. The van der Waals surface area contributed by atoms with Crippen molar-refractivity contribution in [3.63, 3.8) is 0 Å². The molecule has 1 saturated carbocycles. The van der Waals surface area contributed by atoms with Crippen molar-refractivity contribution in [3.05, 3.63) is 29.8 Å². The second-order valence-electron chi connectivity index (χ2n) is 6.69. The molecule has 0 N–H and O–H groups in total. The monoisotopic (exact) mass is 272 g/mol. The molecule has 4 unspecified atom stereocenters. The van der Waals surface area contributed by atoms with Crippen LogP contribution in [0.2, 0.25) is 0 Å². The molecular weight excluding hydrogens is 248 g/mol. The Morgan fingerprint density at radius 3 is 2.70 bits per heavy atom. The first-order valence-corrected chi connectivity index (χ1v) is 7.89. The summed E-state index contributed by atoms with van der Waals surface area (Å²) in [6, 6.07) is 8.10. The van der Waals surface area contributed by atoms with Gasteiger partial charge in [0.15, 0.2) is 0 Å². The SMILES string of the molecule is CC1CCC(C(=O)C2COc3ccccc3C2)CC1C. The van der Waals surface area contributed by atoms with Gasteiger partial charge in [-0.1, -0.05) is 32.0 Å². The number of hydrogen-bond acceptors (Lipinski definition) is 2. The van der Waals surface area contributed by atoms with Crippen molar-refractivity contribution >= 4 is 5.78 Å². The van der Waals surface area contributed by atoms with Gasteiger partial charge in [0.1, 0.15) is 11.5 Å². The molecule has 1 fully saturated rings. The first-order chi connectivity index (χ1) is 9.65. The van der Waals surface area contributed by atoms with E-state index in [1.165, 1.54) is 12.0 Å². The number of ketones is 1. The van der Waals surface area contributed by atoms with Gasteiger partial charge in [0.25, 0.3) is 0 Å². The van der Waals surface area contributed by atoms with Crippen molar-refractivity contribution in [1.29, 1.82) is 0 Å². The average molecular weight is 272 g/mol. The lowest BCUT2D eigenvalue weighted by Gasteiger charge is -2.34. The van der Waals surface area contributed by atoms with E-state index in [2.05, 4.69) is 19.9 Å². The zero-order chi connectivity index (χ0) is 14.1. The number of hydrogen-bond donors (Lipinski definition) is 0. The van der Waals surface area contributed by atoms with Crippen LogP contribution < -0.4 is 4.74 Å². The Hall–Kier alpha value is -1.31. The summed E-state index contributed by atoms with van der Waals surface area (Å²) in [5.41, 5.74) is 1.19. The lowest BCUT2D eigenvalue weighted by atomic mass is 9.72. The summed E-state index contributed by atoms with van der Waals surface area (Å²) in [5, 5.41) is 0. The van der Waals surface area contributed by atoms with Crippen LogP contribution in [0.3, 0.4) is 0 Å². The molecule has 2 heteroatoms. The van der Waals surface area contributed by atoms with Crippen molar-refractivity contribution in [2.24, 2.45) is 23.7 Å². The summed E-state index contributed by atoms with van der Waals surface area (Å²) in [6.45, 7) is 5.17. The van der Waals surface area contributed by atoms with Gasteiger partial charge in [0.05, 0.1) is 12.5 Å². The first kappa shape index (κ1) is 13.7. The van der Waals surface area contributed by atoms with Crippen LogP contribution in [0.4, 0.5) is 0 Å². The van der Waals surface area contributed by atoms with E-state index in [1.54, 1.807) is 0 Å². The minimum absolute atomic E-state index is 0.0653. The van der Waals surface area contributed by atoms with E-state index < -0.39 is 0 Å². The van der Waals surface area contributed by atoms with Gasteiger partial charge in [0.2, 0.25) is 0 Å². The molecule has 3 rings (SSSR count). The minimum atomic E-state index is 0.0653. The molecule has 2 nitrogen and oxygen atoms in total. The Morgan fingerprint density at radius 2 is 1.90 bits per heavy atom. The maximum atomic E-state index is 12.7. The van der Waals surface area contributed by atoms with Gasteiger partial charge in [-0.15, -0.1) is 0 Å². The summed E-state index contributed by atoms with van der Waals surface area (Å²) in [5.74, 6) is 3.17. The number of carbonyl (C=O) groups is 1. The zero-order valence-corrected chi connectivity index (χ0v) is 12.5. The smallest absolute Gasteiger partial charge is 0.142 e. The van der Waals surface area contributed by atoms with Gasteiger partial charge in [-0.05, 0) is 49.1 Å². The van der Waals surface area contributed by atoms with Crippen LogP contribution in [-0.2, 0) is 11.2 Å². The summed E-state index contributed by atoms with van der Waals surface area (Å²) >= 11 is 0. The molecule has 1 heterocycles. The van der Waals surface area contributed by atoms with Gasteiger partial charge in [-0.25, -0.2) is 0 Å². The largest absolute Gasteiger partial charge is 0.493 e. The van der Waals surface area contributed by atoms with Crippen LogP contribution in [0, 0.1) is 23.7 Å². The molecule has 0 spiro atoms. The standard InChI is InChI=1S/C18H24O2/c1-12-7-8-15(9-13(12)2)18(19)16-10-14-5-3-4-6-17(14)20-11-16/h3-6,12-13,15-16H,7-11H2,1-2H3. The fourth-order valence-electron chi connectivity index (χ4n) is 3.65. The minimum Gasteiger partial charge on any atom is -0.493 e. The normalized spacial score (nSPS) is 33.1. The number of para-hydroxylation sites is 1. The Labute approximate surface area is 121 Å². The molecule has 2 aliphatic rings. The second kappa shape index (κ2) is 5.59. The third kappa shape index (κ3) is 2.61. The Morgan fingerprint density at radius 1 is 1.10 bits per heavy atom. The fourth-order valence-corrected chi connectivity index (χ4v) is 3.65. The summed E-state index contributed by atoms with van der Waals surface area (Å²) in [6.07, 6.45) is 4.19. The van der Waals surface area contributed by atoms with Gasteiger partial charge >= 0.3 is 0 Å². The third-order valence-electron chi connectivity index (χ3n) is 5.28. The van der Waals surface area contributed by atoms with Crippen molar-refractivity contribution in [2.75, 3.05) is 6.61 Å². The van der Waals surface area contributed by atoms with Gasteiger partial charge < -0.3 is 4.74 Å². The van der Waals surface area contributed by atoms with Gasteiger partial charge in [0, 0.05) is 5.92 Å². The van der Waals surface area contributed by atoms with Crippen LogP contribution in [0.15, 0.2) is 24.3 Å². The molecule has 0 saturated heterocycles. The molecule has 0 bridgehead atoms.